The fraction of sp³-hybridized carbons (Fsp3) is 0.435. The standard InChI is InChI=1S/C23H26N2O3/c1-3-27-17-7-4-15-11-21(24-20(15)12-17)23(26)25(16-5-6-16)13-18-8-9-22(28-18)19-10-14(19)2/h4,7-9,11-12,14,16,19,24H,3,5-6,10,13H2,1-2H3/t14-,19-/m1/s1. The van der Waals surface area contributed by atoms with Crippen LogP contribution in [0.5, 0.6) is 5.75 Å². The largest absolute Gasteiger partial charge is 0.494 e. The lowest BCUT2D eigenvalue weighted by Gasteiger charge is -2.20. The minimum atomic E-state index is 0.0365. The Hall–Kier alpha value is -2.69. The van der Waals surface area contributed by atoms with Gasteiger partial charge in [0.15, 0.2) is 0 Å². The van der Waals surface area contributed by atoms with Gasteiger partial charge in [0, 0.05) is 28.9 Å². The van der Waals surface area contributed by atoms with Gasteiger partial charge >= 0.3 is 0 Å². The number of ether oxygens (including phenoxy) is 1. The minimum Gasteiger partial charge on any atom is -0.494 e. The average molecular weight is 378 g/mol. The number of nitrogens with zero attached hydrogens (tertiary/aromatic N) is 1. The van der Waals surface area contributed by atoms with Crippen LogP contribution in [0.3, 0.4) is 0 Å². The summed E-state index contributed by atoms with van der Waals surface area (Å²) < 4.78 is 11.6. The molecule has 3 aromatic rings. The first-order chi connectivity index (χ1) is 13.6. The van der Waals surface area contributed by atoms with Crippen molar-refractivity contribution >= 4 is 16.8 Å². The van der Waals surface area contributed by atoms with Gasteiger partial charge in [0.2, 0.25) is 0 Å². The van der Waals surface area contributed by atoms with Crippen molar-refractivity contribution in [2.75, 3.05) is 6.61 Å². The van der Waals surface area contributed by atoms with Crippen molar-refractivity contribution in [1.82, 2.24) is 9.88 Å². The molecular weight excluding hydrogens is 352 g/mol. The summed E-state index contributed by atoms with van der Waals surface area (Å²) >= 11 is 0. The van der Waals surface area contributed by atoms with Crippen LogP contribution in [0.25, 0.3) is 10.9 Å². The summed E-state index contributed by atoms with van der Waals surface area (Å²) in [6, 6.07) is 12.2. The Morgan fingerprint density at radius 1 is 1.25 bits per heavy atom. The van der Waals surface area contributed by atoms with E-state index in [1.54, 1.807) is 0 Å². The molecule has 0 saturated heterocycles. The van der Waals surface area contributed by atoms with Gasteiger partial charge in [0.1, 0.15) is 23.0 Å². The maximum atomic E-state index is 13.2. The van der Waals surface area contributed by atoms with Crippen molar-refractivity contribution < 1.29 is 13.9 Å². The Labute approximate surface area is 164 Å². The van der Waals surface area contributed by atoms with E-state index in [2.05, 4.69) is 18.0 Å². The predicted molar refractivity (Wildman–Crippen MR) is 108 cm³/mol. The number of hydrogen-bond acceptors (Lipinski definition) is 3. The zero-order chi connectivity index (χ0) is 19.3. The van der Waals surface area contributed by atoms with Crippen molar-refractivity contribution in [2.24, 2.45) is 5.92 Å². The lowest BCUT2D eigenvalue weighted by molar-refractivity contribution is 0.0711. The number of H-pyrrole nitrogens is 1. The maximum Gasteiger partial charge on any atom is 0.270 e. The Morgan fingerprint density at radius 2 is 2.07 bits per heavy atom. The first kappa shape index (κ1) is 17.4. The van der Waals surface area contributed by atoms with Gasteiger partial charge in [-0.15, -0.1) is 0 Å². The highest BCUT2D eigenvalue weighted by molar-refractivity contribution is 5.98. The summed E-state index contributed by atoms with van der Waals surface area (Å²) in [5, 5.41) is 1.02. The SMILES string of the molecule is CCOc1ccc2cc(C(=O)N(Cc3ccc([C@@H]4C[C@H]4C)o3)C3CC3)[nH]c2c1. The molecule has 1 amide bonds. The van der Waals surface area contributed by atoms with Crippen LogP contribution >= 0.6 is 0 Å². The molecule has 0 spiro atoms. The molecule has 2 aliphatic rings. The molecule has 0 radical (unpaired) electrons. The van der Waals surface area contributed by atoms with E-state index in [0.29, 0.717) is 36.7 Å². The summed E-state index contributed by atoms with van der Waals surface area (Å²) in [4.78, 5) is 18.5. The smallest absolute Gasteiger partial charge is 0.270 e. The number of fused-ring (bicyclic) bond motifs is 1. The number of amides is 1. The molecule has 5 rings (SSSR count). The Kier molecular flexibility index (Phi) is 4.18. The van der Waals surface area contributed by atoms with Crippen LogP contribution in [0.1, 0.15) is 61.0 Å². The van der Waals surface area contributed by atoms with Crippen molar-refractivity contribution in [3.63, 3.8) is 0 Å². The lowest BCUT2D eigenvalue weighted by Crippen LogP contribution is -2.32. The zero-order valence-electron chi connectivity index (χ0n) is 16.4. The van der Waals surface area contributed by atoms with E-state index in [1.807, 2.05) is 42.2 Å². The number of rotatable bonds is 7. The number of carbonyl (C=O) groups excluding carboxylic acids is 1. The van der Waals surface area contributed by atoms with Crippen molar-refractivity contribution in [3.8, 4) is 5.75 Å². The average Bonchev–Trinajstić information content (AvgIpc) is 3.56. The molecule has 2 atom stereocenters. The molecule has 1 aromatic carbocycles. The number of carbonyl (C=O) groups is 1. The molecule has 1 N–H and O–H groups in total. The number of aromatic amines is 1. The van der Waals surface area contributed by atoms with Gasteiger partial charge in [-0.3, -0.25) is 4.79 Å². The predicted octanol–water partition coefficient (Wildman–Crippen LogP) is 5.09. The number of aromatic nitrogens is 1. The number of nitrogens with one attached hydrogen (secondary N) is 1. The Morgan fingerprint density at radius 3 is 2.79 bits per heavy atom. The van der Waals surface area contributed by atoms with Crippen LogP contribution in [-0.2, 0) is 6.54 Å². The second-order valence-electron chi connectivity index (χ2n) is 8.15. The van der Waals surface area contributed by atoms with Crippen LogP contribution in [0.15, 0.2) is 40.8 Å². The highest BCUT2D eigenvalue weighted by atomic mass is 16.5. The first-order valence-electron chi connectivity index (χ1n) is 10.3. The van der Waals surface area contributed by atoms with Crippen molar-refractivity contribution in [3.05, 3.63) is 53.6 Å². The molecule has 0 bridgehead atoms. The third-order valence-corrected chi connectivity index (χ3v) is 5.87. The highest BCUT2D eigenvalue weighted by Gasteiger charge is 2.38. The molecule has 5 nitrogen and oxygen atoms in total. The number of furan rings is 1. The van der Waals surface area contributed by atoms with E-state index in [4.69, 9.17) is 9.15 Å². The van der Waals surface area contributed by atoms with Gasteiger partial charge < -0.3 is 19.0 Å². The summed E-state index contributed by atoms with van der Waals surface area (Å²) in [5.74, 6) is 4.07. The third kappa shape index (κ3) is 3.30. The molecule has 2 fully saturated rings. The number of benzene rings is 1. The van der Waals surface area contributed by atoms with Crippen LogP contribution in [0, 0.1) is 5.92 Å². The molecule has 0 unspecified atom stereocenters. The van der Waals surface area contributed by atoms with E-state index in [9.17, 15) is 4.79 Å². The fourth-order valence-corrected chi connectivity index (χ4v) is 3.95. The van der Waals surface area contributed by atoms with Crippen LogP contribution in [-0.4, -0.2) is 28.4 Å². The molecule has 5 heteroatoms. The van der Waals surface area contributed by atoms with Crippen LogP contribution in [0.2, 0.25) is 0 Å². The summed E-state index contributed by atoms with van der Waals surface area (Å²) in [6.45, 7) is 5.37. The molecule has 2 heterocycles. The van der Waals surface area contributed by atoms with E-state index >= 15 is 0 Å². The second kappa shape index (κ2) is 6.73. The van der Waals surface area contributed by atoms with Crippen molar-refractivity contribution in [1.29, 1.82) is 0 Å². The lowest BCUT2D eigenvalue weighted by atomic mass is 10.2. The summed E-state index contributed by atoms with van der Waals surface area (Å²) in [7, 11) is 0. The number of hydrogen-bond donors (Lipinski definition) is 1. The molecule has 2 aliphatic carbocycles. The molecule has 0 aliphatic heterocycles. The maximum absolute atomic E-state index is 13.2. The molecule has 28 heavy (non-hydrogen) atoms. The summed E-state index contributed by atoms with van der Waals surface area (Å²) in [5.41, 5.74) is 1.55. The molecule has 2 saturated carbocycles. The van der Waals surface area contributed by atoms with Crippen LogP contribution < -0.4 is 4.74 Å². The van der Waals surface area contributed by atoms with Gasteiger partial charge in [-0.05, 0) is 62.4 Å². The third-order valence-electron chi connectivity index (χ3n) is 5.87. The molecule has 146 valence electrons. The summed E-state index contributed by atoms with van der Waals surface area (Å²) in [6.07, 6.45) is 3.33. The normalized spacial score (nSPS) is 21.1. The minimum absolute atomic E-state index is 0.0365. The van der Waals surface area contributed by atoms with Crippen LogP contribution in [0.4, 0.5) is 0 Å². The van der Waals surface area contributed by atoms with E-state index in [1.165, 1.54) is 6.42 Å². The quantitative estimate of drug-likeness (QED) is 0.623. The topological polar surface area (TPSA) is 58.5 Å². The van der Waals surface area contributed by atoms with Gasteiger partial charge in [-0.2, -0.15) is 0 Å². The molecular formula is C23H26N2O3. The fourth-order valence-electron chi connectivity index (χ4n) is 3.95. The molecule has 2 aromatic heterocycles. The van der Waals surface area contributed by atoms with Gasteiger partial charge in [-0.1, -0.05) is 6.92 Å². The van der Waals surface area contributed by atoms with E-state index in [0.717, 1.165) is 41.0 Å². The Bertz CT molecular complexity index is 1010. The monoisotopic (exact) mass is 378 g/mol. The van der Waals surface area contributed by atoms with Gasteiger partial charge in [0.25, 0.3) is 5.91 Å². The van der Waals surface area contributed by atoms with E-state index < -0.39 is 0 Å². The highest BCUT2D eigenvalue weighted by Crippen LogP contribution is 2.47. The second-order valence-corrected chi connectivity index (χ2v) is 8.15. The zero-order valence-corrected chi connectivity index (χ0v) is 16.4. The Balaban J connectivity index is 1.37. The van der Waals surface area contributed by atoms with E-state index in [-0.39, 0.29) is 5.91 Å². The van der Waals surface area contributed by atoms with Gasteiger partial charge in [0.05, 0.1) is 13.2 Å². The first-order valence-corrected chi connectivity index (χ1v) is 10.3. The van der Waals surface area contributed by atoms with Gasteiger partial charge in [-0.25, -0.2) is 0 Å². The van der Waals surface area contributed by atoms with Crippen molar-refractivity contribution in [2.45, 2.75) is 51.6 Å².